The van der Waals surface area contributed by atoms with Crippen molar-refractivity contribution in [2.24, 2.45) is 5.92 Å². The van der Waals surface area contributed by atoms with Gasteiger partial charge in [-0.25, -0.2) is 4.79 Å². The summed E-state index contributed by atoms with van der Waals surface area (Å²) in [4.78, 5) is 22.5. The van der Waals surface area contributed by atoms with Crippen molar-refractivity contribution in [1.29, 1.82) is 0 Å². The normalized spacial score (nSPS) is 15.0. The maximum atomic E-state index is 11.8. The van der Waals surface area contributed by atoms with Crippen LogP contribution in [0.2, 0.25) is 0 Å². The van der Waals surface area contributed by atoms with Crippen LogP contribution in [0.25, 0.3) is 0 Å². The first-order valence-electron chi connectivity index (χ1n) is 8.16. The fraction of sp³-hybridized carbons (Fsp3) is 0.875. The van der Waals surface area contributed by atoms with Crippen molar-refractivity contribution in [2.45, 2.75) is 84.7 Å². The molecule has 5 nitrogen and oxygen atoms in total. The molecule has 3 unspecified atom stereocenters. The highest BCUT2D eigenvalue weighted by Gasteiger charge is 2.13. The second-order valence-corrected chi connectivity index (χ2v) is 6.09. The van der Waals surface area contributed by atoms with E-state index in [1.807, 2.05) is 13.8 Å². The highest BCUT2D eigenvalue weighted by atomic mass is 16.4. The molecule has 0 aromatic rings. The van der Waals surface area contributed by atoms with Crippen molar-refractivity contribution >= 4 is 12.0 Å². The summed E-state index contributed by atoms with van der Waals surface area (Å²) in [5.41, 5.74) is 0. The second-order valence-electron chi connectivity index (χ2n) is 6.09. The number of carbonyl (C=O) groups is 2. The predicted molar refractivity (Wildman–Crippen MR) is 85.4 cm³/mol. The van der Waals surface area contributed by atoms with Crippen LogP contribution in [0.5, 0.6) is 0 Å². The molecule has 5 heteroatoms. The van der Waals surface area contributed by atoms with Crippen molar-refractivity contribution in [3.63, 3.8) is 0 Å². The first-order valence-corrected chi connectivity index (χ1v) is 8.16. The van der Waals surface area contributed by atoms with Crippen LogP contribution < -0.4 is 10.6 Å². The molecule has 3 N–H and O–H groups in total. The summed E-state index contributed by atoms with van der Waals surface area (Å²) in [5.74, 6) is -1.07. The quantitative estimate of drug-likeness (QED) is 0.511. The number of hydrogen-bond acceptors (Lipinski definition) is 2. The zero-order chi connectivity index (χ0) is 16.3. The number of amides is 2. The van der Waals surface area contributed by atoms with Crippen LogP contribution in [-0.2, 0) is 4.79 Å². The van der Waals surface area contributed by atoms with Crippen LogP contribution in [0.1, 0.15) is 72.6 Å². The Morgan fingerprint density at radius 2 is 1.43 bits per heavy atom. The fourth-order valence-electron chi connectivity index (χ4n) is 2.19. The predicted octanol–water partition coefficient (Wildman–Crippen LogP) is 3.53. The number of aliphatic carboxylic acids is 1. The summed E-state index contributed by atoms with van der Waals surface area (Å²) in [7, 11) is 0. The van der Waals surface area contributed by atoms with Gasteiger partial charge >= 0.3 is 12.0 Å². The maximum absolute atomic E-state index is 11.8. The molecule has 21 heavy (non-hydrogen) atoms. The molecular formula is C16H32N2O3. The standard InChI is InChI=1S/C16H32N2O3/c1-5-6-7-10-13(3)17-16(21)18-14(4)11-8-9-12(2)15(19)20/h12-14H,5-11H2,1-4H3,(H,19,20)(H2,17,18,21). The lowest BCUT2D eigenvalue weighted by molar-refractivity contribution is -0.141. The Morgan fingerprint density at radius 3 is 1.90 bits per heavy atom. The van der Waals surface area contributed by atoms with Gasteiger partial charge in [-0.3, -0.25) is 4.79 Å². The van der Waals surface area contributed by atoms with Crippen LogP contribution in [0.15, 0.2) is 0 Å². The molecule has 0 saturated heterocycles. The minimum absolute atomic E-state index is 0.0637. The Morgan fingerprint density at radius 1 is 0.905 bits per heavy atom. The van der Waals surface area contributed by atoms with E-state index in [1.165, 1.54) is 12.8 Å². The Balaban J connectivity index is 3.76. The highest BCUT2D eigenvalue weighted by molar-refractivity contribution is 5.74. The van der Waals surface area contributed by atoms with Gasteiger partial charge in [-0.05, 0) is 33.1 Å². The molecule has 3 atom stereocenters. The number of hydrogen-bond donors (Lipinski definition) is 3. The summed E-state index contributed by atoms with van der Waals surface area (Å²) in [6, 6.07) is 0.127. The molecule has 0 bridgehead atoms. The summed E-state index contributed by atoms with van der Waals surface area (Å²) >= 11 is 0. The van der Waals surface area contributed by atoms with E-state index in [1.54, 1.807) is 6.92 Å². The minimum atomic E-state index is -0.755. The largest absolute Gasteiger partial charge is 0.481 e. The molecule has 2 amide bonds. The summed E-state index contributed by atoms with van der Waals surface area (Å²) < 4.78 is 0. The Labute approximate surface area is 128 Å². The SMILES string of the molecule is CCCCCC(C)NC(=O)NC(C)CCCC(C)C(=O)O. The molecule has 0 radical (unpaired) electrons. The van der Waals surface area contributed by atoms with Crippen LogP contribution >= 0.6 is 0 Å². The van der Waals surface area contributed by atoms with E-state index in [0.717, 1.165) is 25.7 Å². The third-order valence-electron chi connectivity index (χ3n) is 3.69. The van der Waals surface area contributed by atoms with Crippen molar-refractivity contribution in [2.75, 3.05) is 0 Å². The van der Waals surface area contributed by atoms with Gasteiger partial charge in [0.15, 0.2) is 0 Å². The Hall–Kier alpha value is -1.26. The summed E-state index contributed by atoms with van der Waals surface area (Å²) in [5, 5.41) is 14.7. The van der Waals surface area contributed by atoms with Gasteiger partial charge in [-0.1, -0.05) is 39.5 Å². The van der Waals surface area contributed by atoms with E-state index >= 15 is 0 Å². The minimum Gasteiger partial charge on any atom is -0.481 e. The molecule has 0 fully saturated rings. The lowest BCUT2D eigenvalue weighted by atomic mass is 10.0. The van der Waals surface area contributed by atoms with Gasteiger partial charge in [-0.15, -0.1) is 0 Å². The first kappa shape index (κ1) is 19.7. The van der Waals surface area contributed by atoms with Crippen molar-refractivity contribution < 1.29 is 14.7 Å². The van der Waals surface area contributed by atoms with E-state index in [4.69, 9.17) is 5.11 Å². The Kier molecular flexibility index (Phi) is 10.7. The highest BCUT2D eigenvalue weighted by Crippen LogP contribution is 2.09. The van der Waals surface area contributed by atoms with Crippen LogP contribution in [0.4, 0.5) is 4.79 Å². The number of urea groups is 1. The number of carboxylic acids is 1. The van der Waals surface area contributed by atoms with E-state index in [0.29, 0.717) is 6.42 Å². The molecule has 0 rings (SSSR count). The molecule has 0 heterocycles. The van der Waals surface area contributed by atoms with E-state index in [-0.39, 0.29) is 24.0 Å². The molecule has 0 saturated carbocycles. The van der Waals surface area contributed by atoms with E-state index in [2.05, 4.69) is 17.6 Å². The molecule has 124 valence electrons. The number of carbonyl (C=O) groups excluding carboxylic acids is 1. The third-order valence-corrected chi connectivity index (χ3v) is 3.69. The van der Waals surface area contributed by atoms with Gasteiger partial charge in [0.1, 0.15) is 0 Å². The first-order chi connectivity index (χ1) is 9.86. The molecule has 0 aliphatic rings. The number of carboxylic acid groups (broad SMARTS) is 1. The Bertz CT molecular complexity index is 308. The molecule has 0 aromatic carbocycles. The summed E-state index contributed by atoms with van der Waals surface area (Å²) in [6.45, 7) is 7.85. The second kappa shape index (κ2) is 11.4. The summed E-state index contributed by atoms with van der Waals surface area (Å²) in [6.07, 6.45) is 6.79. The van der Waals surface area contributed by atoms with E-state index in [9.17, 15) is 9.59 Å². The van der Waals surface area contributed by atoms with Gasteiger partial charge in [0, 0.05) is 12.1 Å². The van der Waals surface area contributed by atoms with Gasteiger partial charge in [-0.2, -0.15) is 0 Å². The van der Waals surface area contributed by atoms with Gasteiger partial charge < -0.3 is 15.7 Å². The third kappa shape index (κ3) is 11.1. The number of nitrogens with one attached hydrogen (secondary N) is 2. The zero-order valence-electron chi connectivity index (χ0n) is 13.9. The smallest absolute Gasteiger partial charge is 0.315 e. The van der Waals surface area contributed by atoms with E-state index < -0.39 is 5.97 Å². The lowest BCUT2D eigenvalue weighted by Gasteiger charge is -2.18. The molecule has 0 aliphatic carbocycles. The molecular weight excluding hydrogens is 268 g/mol. The van der Waals surface area contributed by atoms with Crippen LogP contribution in [0.3, 0.4) is 0 Å². The average Bonchev–Trinajstić information content (AvgIpc) is 2.38. The number of unbranched alkanes of at least 4 members (excludes halogenated alkanes) is 2. The fourth-order valence-corrected chi connectivity index (χ4v) is 2.19. The van der Waals surface area contributed by atoms with Crippen molar-refractivity contribution in [3.05, 3.63) is 0 Å². The van der Waals surface area contributed by atoms with Crippen LogP contribution in [-0.4, -0.2) is 29.2 Å². The molecule has 0 aliphatic heterocycles. The number of rotatable bonds is 11. The monoisotopic (exact) mass is 300 g/mol. The van der Waals surface area contributed by atoms with Crippen LogP contribution in [0, 0.1) is 5.92 Å². The maximum Gasteiger partial charge on any atom is 0.315 e. The van der Waals surface area contributed by atoms with Gasteiger partial charge in [0.05, 0.1) is 5.92 Å². The van der Waals surface area contributed by atoms with Crippen molar-refractivity contribution in [3.8, 4) is 0 Å². The topological polar surface area (TPSA) is 78.4 Å². The zero-order valence-corrected chi connectivity index (χ0v) is 13.9. The van der Waals surface area contributed by atoms with Gasteiger partial charge in [0.2, 0.25) is 0 Å². The van der Waals surface area contributed by atoms with Gasteiger partial charge in [0.25, 0.3) is 0 Å². The lowest BCUT2D eigenvalue weighted by Crippen LogP contribution is -2.44. The molecule has 0 aromatic heterocycles. The average molecular weight is 300 g/mol. The molecule has 0 spiro atoms. The van der Waals surface area contributed by atoms with Crippen molar-refractivity contribution in [1.82, 2.24) is 10.6 Å².